The first-order valence-corrected chi connectivity index (χ1v) is 7.04. The van der Waals surface area contributed by atoms with Gasteiger partial charge in [-0.25, -0.2) is 0 Å². The maximum atomic E-state index is 6.05. The van der Waals surface area contributed by atoms with Crippen LogP contribution >= 0.6 is 0 Å². The van der Waals surface area contributed by atoms with Gasteiger partial charge in [0.25, 0.3) is 0 Å². The Balaban J connectivity index is 1.81. The molecule has 1 aromatic rings. The van der Waals surface area contributed by atoms with E-state index in [-0.39, 0.29) is 0 Å². The summed E-state index contributed by atoms with van der Waals surface area (Å²) in [6, 6.07) is 8.58. The zero-order valence-electron chi connectivity index (χ0n) is 11.5. The van der Waals surface area contributed by atoms with Crippen molar-refractivity contribution in [1.82, 2.24) is 0 Å². The Morgan fingerprint density at radius 2 is 1.61 bits per heavy atom. The second kappa shape index (κ2) is 6.91. The molecule has 1 fully saturated rings. The Hall–Kier alpha value is -0.860. The summed E-state index contributed by atoms with van der Waals surface area (Å²) in [7, 11) is 1.81. The molecule has 100 valence electrons. The van der Waals surface area contributed by atoms with Gasteiger partial charge in [-0.1, -0.05) is 31.2 Å². The highest BCUT2D eigenvalue weighted by Crippen LogP contribution is 2.24. The van der Waals surface area contributed by atoms with Crippen LogP contribution in [0.3, 0.4) is 0 Å². The molecule has 1 saturated carbocycles. The van der Waals surface area contributed by atoms with Crippen molar-refractivity contribution in [1.29, 1.82) is 0 Å². The molecule has 0 amide bonds. The molecule has 0 aliphatic heterocycles. The van der Waals surface area contributed by atoms with Crippen molar-refractivity contribution >= 4 is 0 Å². The van der Waals surface area contributed by atoms with E-state index < -0.39 is 0 Å². The lowest BCUT2D eigenvalue weighted by molar-refractivity contribution is -0.0236. The Morgan fingerprint density at radius 1 is 1.00 bits per heavy atom. The van der Waals surface area contributed by atoms with Gasteiger partial charge in [-0.3, -0.25) is 0 Å². The highest BCUT2D eigenvalue weighted by atomic mass is 16.5. The van der Waals surface area contributed by atoms with Gasteiger partial charge in [-0.15, -0.1) is 0 Å². The molecule has 1 aliphatic carbocycles. The van der Waals surface area contributed by atoms with Gasteiger partial charge in [-0.2, -0.15) is 0 Å². The Bertz CT molecular complexity index is 354. The second-order valence-corrected chi connectivity index (χ2v) is 5.07. The zero-order chi connectivity index (χ0) is 12.8. The Morgan fingerprint density at radius 3 is 2.22 bits per heavy atom. The molecule has 1 aromatic carbocycles. The van der Waals surface area contributed by atoms with E-state index in [9.17, 15) is 0 Å². The van der Waals surface area contributed by atoms with E-state index in [4.69, 9.17) is 9.47 Å². The maximum Gasteiger partial charge on any atom is 0.0723 e. The Labute approximate surface area is 110 Å². The van der Waals surface area contributed by atoms with Gasteiger partial charge in [0.1, 0.15) is 0 Å². The number of rotatable bonds is 5. The fraction of sp³-hybridized carbons (Fsp3) is 0.625. The first-order chi connectivity index (χ1) is 8.83. The fourth-order valence-corrected chi connectivity index (χ4v) is 2.69. The topological polar surface area (TPSA) is 18.5 Å². The molecule has 0 atom stereocenters. The summed E-state index contributed by atoms with van der Waals surface area (Å²) in [5, 5.41) is 0. The van der Waals surface area contributed by atoms with Crippen LogP contribution in [0.4, 0.5) is 0 Å². The lowest BCUT2D eigenvalue weighted by Crippen LogP contribution is -2.25. The predicted octanol–water partition coefficient (Wildman–Crippen LogP) is 3.72. The Kier molecular flexibility index (Phi) is 5.21. The molecule has 0 radical (unpaired) electrons. The van der Waals surface area contributed by atoms with Crippen molar-refractivity contribution in [2.24, 2.45) is 0 Å². The van der Waals surface area contributed by atoms with Crippen LogP contribution in [-0.4, -0.2) is 19.3 Å². The highest BCUT2D eigenvalue weighted by Gasteiger charge is 2.21. The first-order valence-electron chi connectivity index (χ1n) is 7.04. The number of hydrogen-bond donors (Lipinski definition) is 0. The van der Waals surface area contributed by atoms with E-state index in [2.05, 4.69) is 31.2 Å². The maximum absolute atomic E-state index is 6.05. The minimum absolute atomic E-state index is 0.418. The summed E-state index contributed by atoms with van der Waals surface area (Å²) < 4.78 is 11.4. The summed E-state index contributed by atoms with van der Waals surface area (Å²) in [5.41, 5.74) is 2.75. The third-order valence-electron chi connectivity index (χ3n) is 3.93. The molecule has 0 N–H and O–H groups in total. The number of aryl methyl sites for hydroxylation is 1. The third-order valence-corrected chi connectivity index (χ3v) is 3.93. The van der Waals surface area contributed by atoms with Gasteiger partial charge in [0.05, 0.1) is 18.8 Å². The van der Waals surface area contributed by atoms with Gasteiger partial charge >= 0.3 is 0 Å². The largest absolute Gasteiger partial charge is 0.381 e. The first kappa shape index (κ1) is 13.6. The molecule has 0 heterocycles. The number of benzene rings is 1. The van der Waals surface area contributed by atoms with Crippen LogP contribution in [0.25, 0.3) is 0 Å². The van der Waals surface area contributed by atoms with E-state index in [0.717, 1.165) is 38.7 Å². The molecule has 2 nitrogen and oxygen atoms in total. The van der Waals surface area contributed by atoms with Crippen LogP contribution in [0.15, 0.2) is 24.3 Å². The molecule has 1 aliphatic rings. The molecule has 18 heavy (non-hydrogen) atoms. The van der Waals surface area contributed by atoms with E-state index in [1.165, 1.54) is 11.1 Å². The van der Waals surface area contributed by atoms with Crippen molar-refractivity contribution in [2.45, 2.75) is 57.8 Å². The summed E-state index contributed by atoms with van der Waals surface area (Å²) >= 11 is 0. The lowest BCUT2D eigenvalue weighted by atomic mass is 9.95. The molecule has 2 rings (SSSR count). The van der Waals surface area contributed by atoms with E-state index in [0.29, 0.717) is 12.2 Å². The minimum Gasteiger partial charge on any atom is -0.381 e. The van der Waals surface area contributed by atoms with Crippen molar-refractivity contribution in [2.75, 3.05) is 7.11 Å². The molecule has 0 unspecified atom stereocenters. The molecule has 0 spiro atoms. The monoisotopic (exact) mass is 248 g/mol. The smallest absolute Gasteiger partial charge is 0.0723 e. The normalized spacial score (nSPS) is 24.1. The molecular formula is C16H24O2. The molecule has 0 saturated heterocycles. The van der Waals surface area contributed by atoms with Gasteiger partial charge in [-0.05, 0) is 43.2 Å². The van der Waals surface area contributed by atoms with Crippen molar-refractivity contribution in [3.63, 3.8) is 0 Å². The third kappa shape index (κ3) is 3.56. The summed E-state index contributed by atoms with van der Waals surface area (Å²) in [5.74, 6) is 0. The average Bonchev–Trinajstić information content (AvgIpc) is 2.46. The minimum atomic E-state index is 0.418. The average molecular weight is 248 g/mol. The molecule has 0 bridgehead atoms. The van der Waals surface area contributed by atoms with Gasteiger partial charge < -0.3 is 9.47 Å². The van der Waals surface area contributed by atoms with E-state index >= 15 is 0 Å². The molecular weight excluding hydrogens is 224 g/mol. The van der Waals surface area contributed by atoms with Gasteiger partial charge in [0.2, 0.25) is 0 Å². The molecule has 0 aromatic heterocycles. The highest BCUT2D eigenvalue weighted by molar-refractivity contribution is 5.26. The van der Waals surface area contributed by atoms with Crippen LogP contribution in [-0.2, 0) is 22.5 Å². The van der Waals surface area contributed by atoms with Gasteiger partial charge in [0, 0.05) is 7.11 Å². The zero-order valence-corrected chi connectivity index (χ0v) is 11.5. The number of ether oxygens (including phenoxy) is 2. The van der Waals surface area contributed by atoms with Crippen molar-refractivity contribution in [3.8, 4) is 0 Å². The van der Waals surface area contributed by atoms with Crippen LogP contribution in [0.5, 0.6) is 0 Å². The lowest BCUT2D eigenvalue weighted by Gasteiger charge is -2.27. The summed E-state index contributed by atoms with van der Waals surface area (Å²) in [4.78, 5) is 0. The summed E-state index contributed by atoms with van der Waals surface area (Å²) in [6.07, 6.45) is 6.48. The standard InChI is InChI=1S/C16H24O2/c1-3-13-6-4-5-7-14(13)12-18-16-10-8-15(17-2)9-11-16/h4-7,15-16H,3,8-12H2,1-2H3. The van der Waals surface area contributed by atoms with Gasteiger partial charge in [0.15, 0.2) is 0 Å². The van der Waals surface area contributed by atoms with Crippen LogP contribution in [0.1, 0.15) is 43.7 Å². The number of hydrogen-bond acceptors (Lipinski definition) is 2. The predicted molar refractivity (Wildman–Crippen MR) is 73.7 cm³/mol. The van der Waals surface area contributed by atoms with Crippen LogP contribution in [0.2, 0.25) is 0 Å². The van der Waals surface area contributed by atoms with E-state index in [1.54, 1.807) is 0 Å². The van der Waals surface area contributed by atoms with Crippen molar-refractivity contribution < 1.29 is 9.47 Å². The summed E-state index contributed by atoms with van der Waals surface area (Å²) in [6.45, 7) is 2.95. The van der Waals surface area contributed by atoms with E-state index in [1.807, 2.05) is 7.11 Å². The van der Waals surface area contributed by atoms with Crippen LogP contribution in [0, 0.1) is 0 Å². The SMILES string of the molecule is CCc1ccccc1COC1CCC(OC)CC1. The molecule has 2 heteroatoms. The van der Waals surface area contributed by atoms with Crippen molar-refractivity contribution in [3.05, 3.63) is 35.4 Å². The quantitative estimate of drug-likeness (QED) is 0.790. The fourth-order valence-electron chi connectivity index (χ4n) is 2.69. The number of methoxy groups -OCH3 is 1. The van der Waals surface area contributed by atoms with Crippen LogP contribution < -0.4 is 0 Å². The second-order valence-electron chi connectivity index (χ2n) is 5.07.